The maximum atomic E-state index is 8.55. The van der Waals surface area contributed by atoms with Crippen LogP contribution in [-0.2, 0) is 6.54 Å². The van der Waals surface area contributed by atoms with Gasteiger partial charge in [0.15, 0.2) is 0 Å². The van der Waals surface area contributed by atoms with E-state index in [1.165, 1.54) is 0 Å². The zero-order chi connectivity index (χ0) is 11.8. The number of aryl methyl sites for hydroxylation is 1. The molecule has 0 aliphatic heterocycles. The first kappa shape index (κ1) is 12.3. The van der Waals surface area contributed by atoms with Crippen LogP contribution in [0.25, 0.3) is 0 Å². The topological polar surface area (TPSA) is 64.0 Å². The molecule has 0 unspecified atom stereocenters. The maximum Gasteiger partial charge on any atom is 0.118 e. The Bertz CT molecular complexity index is 379. The second-order valence-electron chi connectivity index (χ2n) is 3.60. The van der Waals surface area contributed by atoms with Gasteiger partial charge in [0.2, 0.25) is 0 Å². The smallest absolute Gasteiger partial charge is 0.118 e. The molecule has 0 aliphatic carbocycles. The summed E-state index contributed by atoms with van der Waals surface area (Å²) in [6, 6.07) is 8.07. The van der Waals surface area contributed by atoms with E-state index in [-0.39, 0.29) is 0 Å². The molecule has 4 heteroatoms. The van der Waals surface area contributed by atoms with E-state index in [1.807, 2.05) is 19.1 Å². The van der Waals surface area contributed by atoms with Gasteiger partial charge in [-0.2, -0.15) is 10.5 Å². The fraction of sp³-hybridized carbons (Fsp3) is 0.500. The number of rotatable bonds is 6. The van der Waals surface area contributed by atoms with Crippen molar-refractivity contribution in [1.82, 2.24) is 4.90 Å². The van der Waals surface area contributed by atoms with Crippen molar-refractivity contribution in [3.63, 3.8) is 0 Å². The van der Waals surface area contributed by atoms with E-state index in [2.05, 4.69) is 17.0 Å². The fourth-order valence-corrected chi connectivity index (χ4v) is 1.48. The molecule has 0 bridgehead atoms. The average Bonchev–Trinajstić information content (AvgIpc) is 2.68. The van der Waals surface area contributed by atoms with Gasteiger partial charge in [0.25, 0.3) is 0 Å². The second-order valence-corrected chi connectivity index (χ2v) is 3.60. The van der Waals surface area contributed by atoms with Crippen molar-refractivity contribution >= 4 is 0 Å². The van der Waals surface area contributed by atoms with Crippen molar-refractivity contribution in [2.45, 2.75) is 26.3 Å². The van der Waals surface area contributed by atoms with E-state index in [0.717, 1.165) is 11.5 Å². The molecule has 0 aliphatic rings. The fourth-order valence-electron chi connectivity index (χ4n) is 1.48. The summed E-state index contributed by atoms with van der Waals surface area (Å²) in [4.78, 5) is 2.06. The zero-order valence-corrected chi connectivity index (χ0v) is 9.44. The minimum absolute atomic E-state index is 0.477. The van der Waals surface area contributed by atoms with Crippen LogP contribution in [0.4, 0.5) is 0 Å². The maximum absolute atomic E-state index is 8.55. The summed E-state index contributed by atoms with van der Waals surface area (Å²) in [5, 5.41) is 17.1. The largest absolute Gasteiger partial charge is 0.465 e. The molecule has 0 aromatic carbocycles. The quantitative estimate of drug-likeness (QED) is 0.732. The van der Waals surface area contributed by atoms with Gasteiger partial charge in [-0.25, -0.2) is 0 Å². The standard InChI is InChI=1S/C12H15N3O/c1-11-4-5-12(16-11)10-15(8-2-6-13)9-3-7-14/h4-5H,2-3,8-10H2,1H3. The summed E-state index contributed by atoms with van der Waals surface area (Å²) >= 11 is 0. The third-order valence-corrected chi connectivity index (χ3v) is 2.26. The molecule has 0 radical (unpaired) electrons. The van der Waals surface area contributed by atoms with Crippen molar-refractivity contribution in [3.05, 3.63) is 23.7 Å². The van der Waals surface area contributed by atoms with Gasteiger partial charge < -0.3 is 4.42 Å². The summed E-state index contributed by atoms with van der Waals surface area (Å²) in [6.07, 6.45) is 0.955. The van der Waals surface area contributed by atoms with Crippen LogP contribution in [0.1, 0.15) is 24.4 Å². The molecule has 0 fully saturated rings. The van der Waals surface area contributed by atoms with Crippen LogP contribution in [0.15, 0.2) is 16.5 Å². The van der Waals surface area contributed by atoms with Crippen LogP contribution in [0.5, 0.6) is 0 Å². The molecule has 1 aromatic heterocycles. The Labute approximate surface area is 95.7 Å². The number of furan rings is 1. The van der Waals surface area contributed by atoms with Crippen LogP contribution >= 0.6 is 0 Å². The second kappa shape index (κ2) is 6.66. The van der Waals surface area contributed by atoms with Crippen molar-refractivity contribution in [3.8, 4) is 12.1 Å². The molecule has 84 valence electrons. The summed E-state index contributed by atoms with van der Waals surface area (Å²) in [5.74, 6) is 1.77. The molecule has 0 saturated heterocycles. The van der Waals surface area contributed by atoms with Crippen LogP contribution in [-0.4, -0.2) is 18.0 Å². The lowest BCUT2D eigenvalue weighted by molar-refractivity contribution is 0.252. The molecule has 0 amide bonds. The number of hydrogen-bond acceptors (Lipinski definition) is 4. The molecule has 1 rings (SSSR count). The van der Waals surface area contributed by atoms with Gasteiger partial charge in [0, 0.05) is 25.9 Å². The first-order valence-electron chi connectivity index (χ1n) is 5.28. The highest BCUT2D eigenvalue weighted by atomic mass is 16.3. The molecular formula is C12H15N3O. The van der Waals surface area contributed by atoms with E-state index >= 15 is 0 Å². The number of hydrogen-bond donors (Lipinski definition) is 0. The highest BCUT2D eigenvalue weighted by molar-refractivity contribution is 5.05. The lowest BCUT2D eigenvalue weighted by atomic mass is 10.3. The minimum Gasteiger partial charge on any atom is -0.465 e. The Hall–Kier alpha value is -1.78. The Morgan fingerprint density at radius 2 is 1.81 bits per heavy atom. The minimum atomic E-state index is 0.477. The van der Waals surface area contributed by atoms with Gasteiger partial charge in [-0.15, -0.1) is 0 Å². The molecule has 0 saturated carbocycles. The molecule has 0 atom stereocenters. The monoisotopic (exact) mass is 217 g/mol. The van der Waals surface area contributed by atoms with Crippen LogP contribution < -0.4 is 0 Å². The van der Waals surface area contributed by atoms with Crippen molar-refractivity contribution in [2.75, 3.05) is 13.1 Å². The molecule has 0 N–H and O–H groups in total. The van der Waals surface area contributed by atoms with E-state index in [1.54, 1.807) is 0 Å². The molecule has 1 aromatic rings. The van der Waals surface area contributed by atoms with Crippen molar-refractivity contribution < 1.29 is 4.42 Å². The highest BCUT2D eigenvalue weighted by Crippen LogP contribution is 2.10. The molecular weight excluding hydrogens is 202 g/mol. The molecule has 0 spiro atoms. The predicted molar refractivity (Wildman–Crippen MR) is 59.2 cm³/mol. The van der Waals surface area contributed by atoms with Gasteiger partial charge in [0.05, 0.1) is 18.7 Å². The van der Waals surface area contributed by atoms with Crippen LogP contribution in [0, 0.1) is 29.6 Å². The van der Waals surface area contributed by atoms with Gasteiger partial charge in [0.1, 0.15) is 11.5 Å². The molecule has 1 heterocycles. The third kappa shape index (κ3) is 4.16. The highest BCUT2D eigenvalue weighted by Gasteiger charge is 2.07. The number of nitrogens with zero attached hydrogens (tertiary/aromatic N) is 3. The van der Waals surface area contributed by atoms with E-state index in [9.17, 15) is 0 Å². The van der Waals surface area contributed by atoms with Gasteiger partial charge in [-0.05, 0) is 19.1 Å². The Morgan fingerprint density at radius 1 is 1.19 bits per heavy atom. The van der Waals surface area contributed by atoms with Gasteiger partial charge in [-0.1, -0.05) is 0 Å². The van der Waals surface area contributed by atoms with E-state index in [0.29, 0.717) is 32.5 Å². The van der Waals surface area contributed by atoms with Crippen molar-refractivity contribution in [2.24, 2.45) is 0 Å². The summed E-state index contributed by atoms with van der Waals surface area (Å²) in [7, 11) is 0. The van der Waals surface area contributed by atoms with Crippen molar-refractivity contribution in [1.29, 1.82) is 10.5 Å². The molecule has 16 heavy (non-hydrogen) atoms. The zero-order valence-electron chi connectivity index (χ0n) is 9.44. The van der Waals surface area contributed by atoms with Gasteiger partial charge in [-0.3, -0.25) is 4.90 Å². The summed E-state index contributed by atoms with van der Waals surface area (Å²) in [5.41, 5.74) is 0. The van der Waals surface area contributed by atoms with E-state index < -0.39 is 0 Å². The van der Waals surface area contributed by atoms with E-state index in [4.69, 9.17) is 14.9 Å². The van der Waals surface area contributed by atoms with Crippen LogP contribution in [0.2, 0.25) is 0 Å². The normalized spacial score (nSPS) is 10.0. The number of nitriles is 2. The van der Waals surface area contributed by atoms with Gasteiger partial charge >= 0.3 is 0 Å². The lowest BCUT2D eigenvalue weighted by Crippen LogP contribution is -2.25. The summed E-state index contributed by atoms with van der Waals surface area (Å²) < 4.78 is 5.47. The average molecular weight is 217 g/mol. The SMILES string of the molecule is Cc1ccc(CN(CCC#N)CCC#N)o1. The first-order chi connectivity index (χ1) is 7.76. The summed E-state index contributed by atoms with van der Waals surface area (Å²) in [6.45, 7) is 3.92. The Kier molecular flexibility index (Phi) is 5.11. The Balaban J connectivity index is 2.49. The van der Waals surface area contributed by atoms with Crippen LogP contribution in [0.3, 0.4) is 0 Å². The Morgan fingerprint density at radius 3 is 2.25 bits per heavy atom. The predicted octanol–water partition coefficient (Wildman–Crippen LogP) is 2.22. The lowest BCUT2D eigenvalue weighted by Gasteiger charge is -2.17. The molecule has 4 nitrogen and oxygen atoms in total. The third-order valence-electron chi connectivity index (χ3n) is 2.26. The first-order valence-corrected chi connectivity index (χ1v) is 5.28.